The highest BCUT2D eigenvalue weighted by Crippen LogP contribution is 2.33. The third-order valence-electron chi connectivity index (χ3n) is 4.28. The summed E-state index contributed by atoms with van der Waals surface area (Å²) in [5, 5.41) is 12.0. The second kappa shape index (κ2) is 5.47. The Bertz CT molecular complexity index is 637. The highest BCUT2D eigenvalue weighted by Gasteiger charge is 2.29. The van der Waals surface area contributed by atoms with E-state index < -0.39 is 0 Å². The van der Waals surface area contributed by atoms with Gasteiger partial charge in [-0.05, 0) is 26.3 Å². The summed E-state index contributed by atoms with van der Waals surface area (Å²) in [5.74, 6) is 2.02. The normalized spacial score (nSPS) is 22.6. The molecule has 0 radical (unpaired) electrons. The Morgan fingerprint density at radius 2 is 2.33 bits per heavy atom. The molecule has 2 aromatic rings. The van der Waals surface area contributed by atoms with Crippen LogP contribution in [0.5, 0.6) is 0 Å². The lowest BCUT2D eigenvalue weighted by molar-refractivity contribution is 0.0794. The zero-order valence-corrected chi connectivity index (χ0v) is 13.0. The van der Waals surface area contributed by atoms with E-state index in [0.29, 0.717) is 12.6 Å². The van der Waals surface area contributed by atoms with Crippen molar-refractivity contribution >= 4 is 11.3 Å². The Balaban J connectivity index is 1.54. The minimum atomic E-state index is 0.433. The summed E-state index contributed by atoms with van der Waals surface area (Å²) in [6.07, 6.45) is 2.42. The molecule has 6 nitrogen and oxygen atoms in total. The van der Waals surface area contributed by atoms with Gasteiger partial charge in [-0.2, -0.15) is 0 Å². The van der Waals surface area contributed by atoms with E-state index in [-0.39, 0.29) is 0 Å². The number of nitrogens with zero attached hydrogens (tertiary/aromatic N) is 5. The van der Waals surface area contributed by atoms with Gasteiger partial charge in [0.05, 0.1) is 29.9 Å². The Morgan fingerprint density at radius 1 is 1.38 bits per heavy atom. The molecule has 112 valence electrons. The number of hydrogen-bond acceptors (Lipinski definition) is 6. The van der Waals surface area contributed by atoms with Crippen LogP contribution in [0.25, 0.3) is 0 Å². The molecule has 0 spiro atoms. The van der Waals surface area contributed by atoms with Crippen LogP contribution in [0, 0.1) is 6.92 Å². The zero-order chi connectivity index (χ0) is 14.2. The first kappa shape index (κ1) is 13.4. The van der Waals surface area contributed by atoms with Crippen molar-refractivity contribution in [3.05, 3.63) is 27.7 Å². The zero-order valence-electron chi connectivity index (χ0n) is 12.2. The number of fused-ring (bicyclic) bond motifs is 1. The molecule has 2 aliphatic heterocycles. The standard InChI is InChI=1S/C14H19N5OS/c1-10-15-11(9-21-10)12-3-2-4-18(12)7-13-16-17-14-8-20-6-5-19(13)14/h9,12H,2-8H2,1H3. The summed E-state index contributed by atoms with van der Waals surface area (Å²) in [6, 6.07) is 0.433. The molecular formula is C14H19N5OS. The van der Waals surface area contributed by atoms with Crippen molar-refractivity contribution < 1.29 is 4.74 Å². The van der Waals surface area contributed by atoms with E-state index in [0.717, 1.165) is 42.9 Å². The molecule has 1 fully saturated rings. The van der Waals surface area contributed by atoms with E-state index in [1.165, 1.54) is 18.5 Å². The predicted molar refractivity (Wildman–Crippen MR) is 78.9 cm³/mol. The number of ether oxygens (including phenoxy) is 1. The molecular weight excluding hydrogens is 286 g/mol. The second-order valence-corrected chi connectivity index (χ2v) is 6.72. The van der Waals surface area contributed by atoms with E-state index >= 15 is 0 Å². The van der Waals surface area contributed by atoms with Crippen molar-refractivity contribution in [2.45, 2.75) is 45.5 Å². The molecule has 0 amide bonds. The molecule has 0 aliphatic carbocycles. The van der Waals surface area contributed by atoms with Crippen LogP contribution in [0.4, 0.5) is 0 Å². The summed E-state index contributed by atoms with van der Waals surface area (Å²) < 4.78 is 7.64. The van der Waals surface area contributed by atoms with Crippen LogP contribution < -0.4 is 0 Å². The molecule has 0 bridgehead atoms. The summed E-state index contributed by atoms with van der Waals surface area (Å²) in [5.41, 5.74) is 1.22. The van der Waals surface area contributed by atoms with E-state index in [4.69, 9.17) is 4.74 Å². The maximum atomic E-state index is 5.43. The van der Waals surface area contributed by atoms with Gasteiger partial charge in [0, 0.05) is 11.9 Å². The predicted octanol–water partition coefficient (Wildman–Crippen LogP) is 1.91. The minimum absolute atomic E-state index is 0.433. The highest BCUT2D eigenvalue weighted by molar-refractivity contribution is 7.09. The van der Waals surface area contributed by atoms with Crippen molar-refractivity contribution in [1.29, 1.82) is 0 Å². The highest BCUT2D eigenvalue weighted by atomic mass is 32.1. The first-order valence-corrected chi connectivity index (χ1v) is 8.34. The Morgan fingerprint density at radius 3 is 3.19 bits per heavy atom. The summed E-state index contributed by atoms with van der Waals surface area (Å²) in [7, 11) is 0. The van der Waals surface area contributed by atoms with E-state index in [9.17, 15) is 0 Å². The van der Waals surface area contributed by atoms with Gasteiger partial charge in [-0.3, -0.25) is 4.90 Å². The molecule has 2 aromatic heterocycles. The van der Waals surface area contributed by atoms with Crippen molar-refractivity contribution in [1.82, 2.24) is 24.6 Å². The monoisotopic (exact) mass is 305 g/mol. The van der Waals surface area contributed by atoms with Gasteiger partial charge in [-0.25, -0.2) is 4.98 Å². The van der Waals surface area contributed by atoms with Crippen LogP contribution in [0.15, 0.2) is 5.38 Å². The average Bonchev–Trinajstić information content (AvgIpc) is 3.20. The third-order valence-corrected chi connectivity index (χ3v) is 5.07. The maximum Gasteiger partial charge on any atom is 0.159 e. The van der Waals surface area contributed by atoms with Gasteiger partial charge in [0.25, 0.3) is 0 Å². The molecule has 0 aromatic carbocycles. The molecule has 2 aliphatic rings. The Labute approximate surface area is 127 Å². The van der Waals surface area contributed by atoms with Crippen LogP contribution in [-0.2, 0) is 24.4 Å². The number of aryl methyl sites for hydroxylation is 1. The molecule has 0 N–H and O–H groups in total. The van der Waals surface area contributed by atoms with Gasteiger partial charge in [0.1, 0.15) is 12.4 Å². The second-order valence-electron chi connectivity index (χ2n) is 5.66. The molecule has 4 heterocycles. The fourth-order valence-corrected chi connectivity index (χ4v) is 3.90. The number of thiazole rings is 1. The summed E-state index contributed by atoms with van der Waals surface area (Å²) >= 11 is 1.74. The van der Waals surface area contributed by atoms with Crippen LogP contribution >= 0.6 is 11.3 Å². The van der Waals surface area contributed by atoms with Gasteiger partial charge in [0.15, 0.2) is 5.82 Å². The smallest absolute Gasteiger partial charge is 0.159 e. The van der Waals surface area contributed by atoms with Crippen LogP contribution in [0.2, 0.25) is 0 Å². The largest absolute Gasteiger partial charge is 0.372 e. The maximum absolute atomic E-state index is 5.43. The molecule has 4 rings (SSSR count). The van der Waals surface area contributed by atoms with Gasteiger partial charge >= 0.3 is 0 Å². The quantitative estimate of drug-likeness (QED) is 0.867. The molecule has 1 saturated heterocycles. The Hall–Kier alpha value is -1.31. The van der Waals surface area contributed by atoms with Gasteiger partial charge in [-0.15, -0.1) is 21.5 Å². The van der Waals surface area contributed by atoms with Gasteiger partial charge in [0.2, 0.25) is 0 Å². The van der Waals surface area contributed by atoms with Gasteiger partial charge in [-0.1, -0.05) is 0 Å². The van der Waals surface area contributed by atoms with Crippen molar-refractivity contribution in [2.75, 3.05) is 13.2 Å². The summed E-state index contributed by atoms with van der Waals surface area (Å²) in [4.78, 5) is 7.16. The lowest BCUT2D eigenvalue weighted by Crippen LogP contribution is -2.26. The van der Waals surface area contributed by atoms with Crippen LogP contribution in [-0.4, -0.2) is 37.8 Å². The average molecular weight is 305 g/mol. The first-order valence-electron chi connectivity index (χ1n) is 7.46. The van der Waals surface area contributed by atoms with Crippen LogP contribution in [0.3, 0.4) is 0 Å². The van der Waals surface area contributed by atoms with E-state index in [2.05, 4.69) is 37.0 Å². The summed E-state index contributed by atoms with van der Waals surface area (Å²) in [6.45, 7) is 6.25. The van der Waals surface area contributed by atoms with Crippen molar-refractivity contribution in [3.63, 3.8) is 0 Å². The fraction of sp³-hybridized carbons (Fsp3) is 0.643. The lowest BCUT2D eigenvalue weighted by Gasteiger charge is -2.23. The molecule has 1 unspecified atom stereocenters. The Kier molecular flexibility index (Phi) is 3.48. The van der Waals surface area contributed by atoms with E-state index in [1.54, 1.807) is 11.3 Å². The van der Waals surface area contributed by atoms with Crippen LogP contribution in [0.1, 0.15) is 41.2 Å². The minimum Gasteiger partial charge on any atom is -0.372 e. The van der Waals surface area contributed by atoms with Gasteiger partial charge < -0.3 is 9.30 Å². The number of aromatic nitrogens is 4. The third kappa shape index (κ3) is 2.49. The molecule has 21 heavy (non-hydrogen) atoms. The SMILES string of the molecule is Cc1nc(C2CCCN2Cc2nnc3n2CCOC3)cs1. The van der Waals surface area contributed by atoms with Crippen molar-refractivity contribution in [3.8, 4) is 0 Å². The van der Waals surface area contributed by atoms with Crippen molar-refractivity contribution in [2.24, 2.45) is 0 Å². The lowest BCUT2D eigenvalue weighted by atomic mass is 10.1. The van der Waals surface area contributed by atoms with E-state index in [1.807, 2.05) is 0 Å². The number of hydrogen-bond donors (Lipinski definition) is 0. The molecule has 1 atom stereocenters. The fourth-order valence-electron chi connectivity index (χ4n) is 3.24. The first-order chi connectivity index (χ1) is 10.3. The topological polar surface area (TPSA) is 56.1 Å². The molecule has 7 heteroatoms. The number of likely N-dealkylation sites (tertiary alicyclic amines) is 1. The molecule has 0 saturated carbocycles. The number of rotatable bonds is 3.